The maximum absolute atomic E-state index is 5.03. The van der Waals surface area contributed by atoms with Crippen molar-refractivity contribution in [3.63, 3.8) is 0 Å². The number of allylic oxidation sites excluding steroid dienone is 5. The summed E-state index contributed by atoms with van der Waals surface area (Å²) in [6, 6.07) is 32.4. The van der Waals surface area contributed by atoms with E-state index in [1.807, 2.05) is 18.2 Å². The van der Waals surface area contributed by atoms with Crippen LogP contribution in [0.3, 0.4) is 0 Å². The van der Waals surface area contributed by atoms with Crippen LogP contribution in [-0.4, -0.2) is 19.5 Å². The molecule has 45 heavy (non-hydrogen) atoms. The number of benzene rings is 4. The quantitative estimate of drug-likeness (QED) is 0.203. The highest BCUT2D eigenvalue weighted by Crippen LogP contribution is 2.50. The summed E-state index contributed by atoms with van der Waals surface area (Å²) >= 11 is 0. The third-order valence-corrected chi connectivity index (χ3v) is 9.24. The van der Waals surface area contributed by atoms with Crippen LogP contribution in [0.25, 0.3) is 62.1 Å². The Bertz CT molecular complexity index is 2190. The molecule has 2 aliphatic rings. The van der Waals surface area contributed by atoms with E-state index in [0.717, 1.165) is 41.1 Å². The fourth-order valence-corrected chi connectivity index (χ4v) is 6.92. The first-order valence-corrected chi connectivity index (χ1v) is 15.7. The van der Waals surface area contributed by atoms with Gasteiger partial charge in [0.25, 0.3) is 0 Å². The molecule has 0 radical (unpaired) electrons. The third kappa shape index (κ3) is 4.56. The Balaban J connectivity index is 1.30. The van der Waals surface area contributed by atoms with Crippen molar-refractivity contribution < 1.29 is 0 Å². The topological polar surface area (TPSA) is 43.6 Å². The number of aromatic nitrogens is 4. The highest BCUT2D eigenvalue weighted by Gasteiger charge is 2.36. The number of hydrogen-bond donors (Lipinski definition) is 0. The van der Waals surface area contributed by atoms with Gasteiger partial charge in [0.15, 0.2) is 17.5 Å². The van der Waals surface area contributed by atoms with Gasteiger partial charge in [0.1, 0.15) is 0 Å². The Morgan fingerprint density at radius 3 is 2.29 bits per heavy atom. The van der Waals surface area contributed by atoms with Crippen LogP contribution in [0.2, 0.25) is 0 Å². The van der Waals surface area contributed by atoms with E-state index in [1.54, 1.807) is 0 Å². The molecule has 0 saturated heterocycles. The van der Waals surface area contributed by atoms with Crippen LogP contribution in [0.5, 0.6) is 0 Å². The second-order valence-corrected chi connectivity index (χ2v) is 12.4. The molecular formula is C41H34N4. The van der Waals surface area contributed by atoms with E-state index in [1.165, 1.54) is 38.7 Å². The largest absolute Gasteiger partial charge is 0.316 e. The molecule has 0 atom stereocenters. The second-order valence-electron chi connectivity index (χ2n) is 12.4. The Labute approximate surface area is 264 Å². The fourth-order valence-electron chi connectivity index (χ4n) is 6.92. The van der Waals surface area contributed by atoms with Gasteiger partial charge >= 0.3 is 0 Å². The minimum absolute atomic E-state index is 0.0735. The van der Waals surface area contributed by atoms with E-state index in [9.17, 15) is 0 Å². The van der Waals surface area contributed by atoms with Crippen LogP contribution in [0, 0.1) is 0 Å². The first-order chi connectivity index (χ1) is 22.0. The third-order valence-electron chi connectivity index (χ3n) is 9.24. The molecule has 2 aromatic heterocycles. The summed E-state index contributed by atoms with van der Waals surface area (Å²) in [5, 5.41) is 1.25. The first kappa shape index (κ1) is 27.2. The number of fused-ring (bicyclic) bond motifs is 4. The molecule has 8 rings (SSSR count). The molecule has 0 unspecified atom stereocenters. The molecule has 218 valence electrons. The van der Waals surface area contributed by atoms with Gasteiger partial charge in [-0.1, -0.05) is 111 Å². The molecule has 0 aliphatic heterocycles. The van der Waals surface area contributed by atoms with Crippen molar-refractivity contribution in [2.24, 2.45) is 0 Å². The molecule has 0 spiro atoms. The smallest absolute Gasteiger partial charge is 0.164 e. The summed E-state index contributed by atoms with van der Waals surface area (Å²) in [7, 11) is 0. The molecule has 0 N–H and O–H groups in total. The van der Waals surface area contributed by atoms with Gasteiger partial charge in [0, 0.05) is 39.4 Å². The van der Waals surface area contributed by atoms with E-state index in [2.05, 4.69) is 135 Å². The lowest BCUT2D eigenvalue weighted by atomic mass is 9.82. The molecule has 2 aliphatic carbocycles. The molecule has 6 aromatic rings. The summed E-state index contributed by atoms with van der Waals surface area (Å²) in [5.41, 5.74) is 11.9. The van der Waals surface area contributed by atoms with E-state index in [0.29, 0.717) is 11.6 Å². The van der Waals surface area contributed by atoms with Crippen molar-refractivity contribution in [3.8, 4) is 39.6 Å². The van der Waals surface area contributed by atoms with Crippen LogP contribution < -0.4 is 0 Å². The highest BCUT2D eigenvalue weighted by atomic mass is 15.0. The zero-order chi connectivity index (χ0) is 30.5. The summed E-state index contributed by atoms with van der Waals surface area (Å²) in [5.74, 6) is 2.11. The number of nitrogens with zero attached hydrogens (tertiary/aromatic N) is 4. The van der Waals surface area contributed by atoms with Gasteiger partial charge in [-0.05, 0) is 71.9 Å². The zero-order valence-corrected chi connectivity index (χ0v) is 25.8. The molecule has 2 heterocycles. The van der Waals surface area contributed by atoms with Crippen LogP contribution in [0.1, 0.15) is 56.1 Å². The Kier molecular flexibility index (Phi) is 6.45. The average Bonchev–Trinajstić information content (AvgIpc) is 3.56. The predicted octanol–water partition coefficient (Wildman–Crippen LogP) is 10.2. The van der Waals surface area contributed by atoms with E-state index < -0.39 is 0 Å². The van der Waals surface area contributed by atoms with Gasteiger partial charge < -0.3 is 4.57 Å². The summed E-state index contributed by atoms with van der Waals surface area (Å²) in [6.07, 6.45) is 14.9. The van der Waals surface area contributed by atoms with E-state index in [4.69, 9.17) is 15.0 Å². The number of rotatable bonds is 5. The van der Waals surface area contributed by atoms with Crippen molar-refractivity contribution in [1.29, 1.82) is 0 Å². The van der Waals surface area contributed by atoms with Crippen molar-refractivity contribution in [1.82, 2.24) is 19.5 Å². The Morgan fingerprint density at radius 1 is 0.733 bits per heavy atom. The van der Waals surface area contributed by atoms with Crippen molar-refractivity contribution in [2.75, 3.05) is 0 Å². The summed E-state index contributed by atoms with van der Waals surface area (Å²) in [4.78, 5) is 15.0. The van der Waals surface area contributed by atoms with Crippen LogP contribution in [0.4, 0.5) is 0 Å². The van der Waals surface area contributed by atoms with Crippen molar-refractivity contribution in [2.45, 2.75) is 39.0 Å². The van der Waals surface area contributed by atoms with Gasteiger partial charge in [0.2, 0.25) is 0 Å². The molecular weight excluding hydrogens is 548 g/mol. The van der Waals surface area contributed by atoms with Crippen LogP contribution in [-0.2, 0) is 5.41 Å². The minimum Gasteiger partial charge on any atom is -0.316 e. The van der Waals surface area contributed by atoms with Gasteiger partial charge in [-0.15, -0.1) is 0 Å². The summed E-state index contributed by atoms with van der Waals surface area (Å²) < 4.78 is 2.32. The maximum atomic E-state index is 5.03. The lowest BCUT2D eigenvalue weighted by Crippen LogP contribution is -2.14. The Morgan fingerprint density at radius 2 is 1.49 bits per heavy atom. The van der Waals surface area contributed by atoms with Crippen molar-refractivity contribution in [3.05, 3.63) is 144 Å². The Hall–Kier alpha value is -5.35. The molecule has 4 aromatic carbocycles. The normalized spacial score (nSPS) is 15.0. The van der Waals surface area contributed by atoms with Crippen molar-refractivity contribution >= 4 is 22.6 Å². The lowest BCUT2D eigenvalue weighted by Gasteiger charge is -2.21. The average molecular weight is 583 g/mol. The molecule has 0 saturated carbocycles. The summed E-state index contributed by atoms with van der Waals surface area (Å²) in [6.45, 7) is 6.75. The van der Waals surface area contributed by atoms with Crippen LogP contribution >= 0.6 is 0 Å². The lowest BCUT2D eigenvalue weighted by molar-refractivity contribution is 0.661. The highest BCUT2D eigenvalue weighted by molar-refractivity contribution is 5.98. The minimum atomic E-state index is -0.0735. The molecule has 0 bridgehead atoms. The van der Waals surface area contributed by atoms with Gasteiger partial charge in [0.05, 0.1) is 5.52 Å². The molecule has 0 amide bonds. The standard InChI is InChI=1S/C41H34N4/c1-4-14-30-26-45(37-25-36-34(24-33(30)37)32-21-11-12-22-35(32)41(36,2)3)31-20-13-19-29(23-31)40-43-38(27-15-7-5-8-16-27)42-39(44-40)28-17-9-6-10-18-28/h4-9,11-17,19-26H,10,18H2,1-3H3/b14-4-. The van der Waals surface area contributed by atoms with Gasteiger partial charge in [-0.3, -0.25) is 0 Å². The maximum Gasteiger partial charge on any atom is 0.164 e. The molecule has 4 nitrogen and oxygen atoms in total. The van der Waals surface area contributed by atoms with Crippen LogP contribution in [0.15, 0.2) is 121 Å². The molecule has 0 fully saturated rings. The van der Waals surface area contributed by atoms with E-state index in [-0.39, 0.29) is 5.41 Å². The predicted molar refractivity (Wildman–Crippen MR) is 186 cm³/mol. The van der Waals surface area contributed by atoms with Gasteiger partial charge in [-0.25, -0.2) is 15.0 Å². The fraction of sp³-hybridized carbons (Fsp3) is 0.146. The monoisotopic (exact) mass is 582 g/mol. The SMILES string of the molecule is C/C=C\c1cn(-c2cccc(-c3nc(C4=CC=CCC4)nc(-c4ccccc4)n3)c2)c2cc3c(cc12)-c1ccccc1C3(C)C. The number of hydrogen-bond acceptors (Lipinski definition) is 3. The zero-order valence-electron chi connectivity index (χ0n) is 25.8. The van der Waals surface area contributed by atoms with Gasteiger partial charge in [-0.2, -0.15) is 0 Å². The first-order valence-electron chi connectivity index (χ1n) is 15.7. The molecule has 4 heteroatoms. The second kappa shape index (κ2) is 10.7. The van der Waals surface area contributed by atoms with E-state index >= 15 is 0 Å².